The van der Waals surface area contributed by atoms with Gasteiger partial charge in [-0.05, 0) is 24.9 Å². The summed E-state index contributed by atoms with van der Waals surface area (Å²) in [6.07, 6.45) is 3.52. The molecule has 1 aromatic carbocycles. The van der Waals surface area contributed by atoms with Crippen molar-refractivity contribution in [3.05, 3.63) is 35.9 Å². The predicted molar refractivity (Wildman–Crippen MR) is 88.4 cm³/mol. The van der Waals surface area contributed by atoms with E-state index in [1.54, 1.807) is 4.90 Å². The molecule has 1 aromatic rings. The molecule has 1 unspecified atom stereocenters. The van der Waals surface area contributed by atoms with Gasteiger partial charge in [-0.15, -0.1) is 12.4 Å². The number of piperidine rings is 1. The van der Waals surface area contributed by atoms with E-state index in [9.17, 15) is 4.79 Å². The predicted octanol–water partition coefficient (Wildman–Crippen LogP) is 1.88. The number of nitrogens with zero attached hydrogens (tertiary/aromatic N) is 2. The number of halogens is 1. The summed E-state index contributed by atoms with van der Waals surface area (Å²) in [7, 11) is 1.87. The smallest absolute Gasteiger partial charge is 0.236 e. The van der Waals surface area contributed by atoms with Crippen molar-refractivity contribution in [3.8, 4) is 0 Å². The maximum Gasteiger partial charge on any atom is 0.236 e. The van der Waals surface area contributed by atoms with E-state index in [-0.39, 0.29) is 18.3 Å². The van der Waals surface area contributed by atoms with Gasteiger partial charge < -0.3 is 10.6 Å². The van der Waals surface area contributed by atoms with Gasteiger partial charge in [0.1, 0.15) is 0 Å². The standard InChI is InChI=1S/C16H25N3O.ClH/c1-18(12-14-7-3-2-4-8-14)16(20)13-19-10-6-5-9-15(19)11-17;/h2-4,7-8,15H,5-6,9-13,17H2,1H3;1H. The number of likely N-dealkylation sites (N-methyl/N-ethyl adjacent to an activating group) is 1. The van der Waals surface area contributed by atoms with Crippen LogP contribution in [0, 0.1) is 0 Å². The van der Waals surface area contributed by atoms with Gasteiger partial charge in [0, 0.05) is 26.2 Å². The molecule has 1 heterocycles. The van der Waals surface area contributed by atoms with Crippen LogP contribution in [0.3, 0.4) is 0 Å². The van der Waals surface area contributed by atoms with Crippen LogP contribution < -0.4 is 5.73 Å². The molecule has 1 aliphatic rings. The number of benzene rings is 1. The fourth-order valence-corrected chi connectivity index (χ4v) is 2.77. The van der Waals surface area contributed by atoms with Crippen LogP contribution in [0.1, 0.15) is 24.8 Å². The van der Waals surface area contributed by atoms with E-state index in [1.807, 2.05) is 37.4 Å². The molecule has 0 spiro atoms. The quantitative estimate of drug-likeness (QED) is 0.903. The highest BCUT2D eigenvalue weighted by molar-refractivity contribution is 5.85. The number of amides is 1. The number of carbonyl (C=O) groups excluding carboxylic acids is 1. The monoisotopic (exact) mass is 311 g/mol. The number of rotatable bonds is 5. The molecule has 21 heavy (non-hydrogen) atoms. The summed E-state index contributed by atoms with van der Waals surface area (Å²) in [4.78, 5) is 16.4. The lowest BCUT2D eigenvalue weighted by Gasteiger charge is -2.35. The summed E-state index contributed by atoms with van der Waals surface area (Å²) in [5.41, 5.74) is 6.97. The first-order valence-electron chi connectivity index (χ1n) is 7.42. The minimum atomic E-state index is 0. The molecule has 1 fully saturated rings. The molecular weight excluding hydrogens is 286 g/mol. The Morgan fingerprint density at radius 2 is 2.05 bits per heavy atom. The Hall–Kier alpha value is -1.10. The average molecular weight is 312 g/mol. The molecule has 4 nitrogen and oxygen atoms in total. The summed E-state index contributed by atoms with van der Waals surface area (Å²) in [5.74, 6) is 0.175. The Kier molecular flexibility index (Phi) is 7.72. The summed E-state index contributed by atoms with van der Waals surface area (Å²) in [6, 6.07) is 10.5. The van der Waals surface area contributed by atoms with Gasteiger partial charge in [0.2, 0.25) is 5.91 Å². The minimum absolute atomic E-state index is 0. The van der Waals surface area contributed by atoms with Gasteiger partial charge in [-0.25, -0.2) is 0 Å². The molecule has 1 saturated heterocycles. The molecule has 5 heteroatoms. The molecule has 0 radical (unpaired) electrons. The van der Waals surface area contributed by atoms with Crippen LogP contribution in [-0.4, -0.2) is 48.4 Å². The molecule has 0 saturated carbocycles. The van der Waals surface area contributed by atoms with Gasteiger partial charge in [0.05, 0.1) is 6.54 Å². The summed E-state index contributed by atoms with van der Waals surface area (Å²) < 4.78 is 0. The SMILES string of the molecule is CN(Cc1ccccc1)C(=O)CN1CCCCC1CN.Cl. The molecule has 1 atom stereocenters. The summed E-state index contributed by atoms with van der Waals surface area (Å²) in [5, 5.41) is 0. The first-order chi connectivity index (χ1) is 9.70. The van der Waals surface area contributed by atoms with Crippen molar-refractivity contribution in [1.82, 2.24) is 9.80 Å². The molecular formula is C16H26ClN3O. The van der Waals surface area contributed by atoms with E-state index >= 15 is 0 Å². The number of hydrogen-bond acceptors (Lipinski definition) is 3. The van der Waals surface area contributed by atoms with E-state index in [4.69, 9.17) is 5.73 Å². The molecule has 0 bridgehead atoms. The lowest BCUT2D eigenvalue weighted by Crippen LogP contribution is -2.48. The molecule has 0 aromatic heterocycles. The molecule has 1 aliphatic heterocycles. The number of nitrogens with two attached hydrogens (primary N) is 1. The van der Waals surface area contributed by atoms with Crippen LogP contribution in [-0.2, 0) is 11.3 Å². The lowest BCUT2D eigenvalue weighted by molar-refractivity contribution is -0.132. The van der Waals surface area contributed by atoms with Gasteiger partial charge in [-0.3, -0.25) is 9.69 Å². The molecule has 1 amide bonds. The first kappa shape index (κ1) is 18.0. The van der Waals surface area contributed by atoms with E-state index in [0.29, 0.717) is 25.7 Å². The second-order valence-electron chi connectivity index (χ2n) is 5.59. The van der Waals surface area contributed by atoms with Crippen LogP contribution in [0.25, 0.3) is 0 Å². The van der Waals surface area contributed by atoms with Crippen LogP contribution in [0.4, 0.5) is 0 Å². The first-order valence-corrected chi connectivity index (χ1v) is 7.42. The van der Waals surface area contributed by atoms with Crippen molar-refractivity contribution in [1.29, 1.82) is 0 Å². The van der Waals surface area contributed by atoms with E-state index < -0.39 is 0 Å². The normalized spacial score (nSPS) is 18.9. The zero-order valence-electron chi connectivity index (χ0n) is 12.7. The fourth-order valence-electron chi connectivity index (χ4n) is 2.77. The molecule has 118 valence electrons. The van der Waals surface area contributed by atoms with Crippen molar-refractivity contribution in [3.63, 3.8) is 0 Å². The second kappa shape index (κ2) is 9.03. The third-order valence-corrected chi connectivity index (χ3v) is 4.05. The number of hydrogen-bond donors (Lipinski definition) is 1. The lowest BCUT2D eigenvalue weighted by atomic mass is 10.0. The van der Waals surface area contributed by atoms with E-state index in [2.05, 4.69) is 4.90 Å². The zero-order valence-corrected chi connectivity index (χ0v) is 13.5. The minimum Gasteiger partial charge on any atom is -0.340 e. The van der Waals surface area contributed by atoms with Crippen LogP contribution in [0.15, 0.2) is 30.3 Å². The zero-order chi connectivity index (χ0) is 14.4. The Balaban J connectivity index is 0.00000220. The Morgan fingerprint density at radius 3 is 2.71 bits per heavy atom. The highest BCUT2D eigenvalue weighted by Gasteiger charge is 2.24. The molecule has 2 rings (SSSR count). The fraction of sp³-hybridized carbons (Fsp3) is 0.562. The number of likely N-dealkylation sites (tertiary alicyclic amines) is 1. The van der Waals surface area contributed by atoms with Crippen LogP contribution in [0.2, 0.25) is 0 Å². The average Bonchev–Trinajstić information content (AvgIpc) is 2.48. The van der Waals surface area contributed by atoms with Crippen LogP contribution >= 0.6 is 12.4 Å². The highest BCUT2D eigenvalue weighted by Crippen LogP contribution is 2.16. The van der Waals surface area contributed by atoms with Crippen molar-refractivity contribution in [2.75, 3.05) is 26.7 Å². The highest BCUT2D eigenvalue weighted by atomic mass is 35.5. The topological polar surface area (TPSA) is 49.6 Å². The van der Waals surface area contributed by atoms with Gasteiger partial charge >= 0.3 is 0 Å². The van der Waals surface area contributed by atoms with Crippen molar-refractivity contribution >= 4 is 18.3 Å². The van der Waals surface area contributed by atoms with E-state index in [1.165, 1.54) is 12.8 Å². The largest absolute Gasteiger partial charge is 0.340 e. The van der Waals surface area contributed by atoms with Crippen molar-refractivity contribution in [2.24, 2.45) is 5.73 Å². The molecule has 0 aliphatic carbocycles. The van der Waals surface area contributed by atoms with Gasteiger partial charge in [0.25, 0.3) is 0 Å². The Bertz CT molecular complexity index is 427. The summed E-state index contributed by atoms with van der Waals surface area (Å²) in [6.45, 7) is 2.80. The van der Waals surface area contributed by atoms with Gasteiger partial charge in [0.15, 0.2) is 0 Å². The van der Waals surface area contributed by atoms with Gasteiger partial charge in [-0.1, -0.05) is 36.8 Å². The summed E-state index contributed by atoms with van der Waals surface area (Å²) >= 11 is 0. The van der Waals surface area contributed by atoms with E-state index in [0.717, 1.165) is 18.5 Å². The van der Waals surface area contributed by atoms with Crippen LogP contribution in [0.5, 0.6) is 0 Å². The maximum atomic E-state index is 12.3. The third-order valence-electron chi connectivity index (χ3n) is 4.05. The van der Waals surface area contributed by atoms with Gasteiger partial charge in [-0.2, -0.15) is 0 Å². The second-order valence-corrected chi connectivity index (χ2v) is 5.59. The maximum absolute atomic E-state index is 12.3. The number of carbonyl (C=O) groups is 1. The molecule has 2 N–H and O–H groups in total. The Labute approximate surface area is 133 Å². The third kappa shape index (κ3) is 5.30. The van der Waals surface area contributed by atoms with Crippen molar-refractivity contribution < 1.29 is 4.79 Å². The Morgan fingerprint density at radius 1 is 1.33 bits per heavy atom. The van der Waals surface area contributed by atoms with Crippen molar-refractivity contribution in [2.45, 2.75) is 31.8 Å².